The fourth-order valence-electron chi connectivity index (χ4n) is 4.20. The summed E-state index contributed by atoms with van der Waals surface area (Å²) in [4.78, 5) is 15.0. The van der Waals surface area contributed by atoms with E-state index in [1.807, 2.05) is 24.3 Å². The molecule has 2 atom stereocenters. The first-order valence-corrected chi connectivity index (χ1v) is 9.92. The normalized spacial score (nSPS) is 23.1. The predicted octanol–water partition coefficient (Wildman–Crippen LogP) is 3.47. The molecule has 1 heterocycles. The van der Waals surface area contributed by atoms with Crippen LogP contribution in [0.5, 0.6) is 0 Å². The molecule has 0 spiro atoms. The highest BCUT2D eigenvalue weighted by molar-refractivity contribution is 5.76. The van der Waals surface area contributed by atoms with E-state index >= 15 is 0 Å². The first-order chi connectivity index (χ1) is 13.0. The van der Waals surface area contributed by atoms with Gasteiger partial charge in [0.2, 0.25) is 5.91 Å². The zero-order valence-electron chi connectivity index (χ0n) is 16.4. The van der Waals surface area contributed by atoms with Crippen molar-refractivity contribution in [2.75, 3.05) is 18.8 Å². The molecule has 3 N–H and O–H groups in total. The number of nitrogen functional groups attached to an aromatic ring is 1. The van der Waals surface area contributed by atoms with Crippen LogP contribution in [-0.2, 0) is 17.8 Å². The van der Waals surface area contributed by atoms with E-state index in [-0.39, 0.29) is 11.9 Å². The molecule has 2 aromatic rings. The van der Waals surface area contributed by atoms with Crippen LogP contribution in [0.3, 0.4) is 0 Å². The van der Waals surface area contributed by atoms with E-state index in [1.54, 1.807) is 0 Å². The Balaban J connectivity index is 1.50. The molecule has 1 fully saturated rings. The number of amides is 1. The van der Waals surface area contributed by atoms with Gasteiger partial charge in [-0.2, -0.15) is 0 Å². The standard InChI is InChI=1S/C23H31N3O/c1-17-14-26(16-19-8-4-3-5-9-19)15-18(2)23(17)25-22(27)13-12-20-10-6-7-11-21(20)24/h3-11,17-18,23H,12-16,24H2,1-2H3,(H,25,27). The van der Waals surface area contributed by atoms with Crippen molar-refractivity contribution < 1.29 is 4.79 Å². The van der Waals surface area contributed by atoms with E-state index in [2.05, 4.69) is 54.4 Å². The average Bonchev–Trinajstić information content (AvgIpc) is 2.65. The molecule has 4 heteroatoms. The lowest BCUT2D eigenvalue weighted by Crippen LogP contribution is -2.54. The van der Waals surface area contributed by atoms with Gasteiger partial charge in [-0.15, -0.1) is 0 Å². The number of benzene rings is 2. The van der Waals surface area contributed by atoms with Gasteiger partial charge in [-0.1, -0.05) is 62.4 Å². The summed E-state index contributed by atoms with van der Waals surface area (Å²) in [6.07, 6.45) is 1.17. The lowest BCUT2D eigenvalue weighted by molar-refractivity contribution is -0.123. The van der Waals surface area contributed by atoms with Crippen LogP contribution in [0, 0.1) is 11.8 Å². The van der Waals surface area contributed by atoms with Gasteiger partial charge in [0.1, 0.15) is 0 Å². The molecular weight excluding hydrogens is 334 g/mol. The maximum atomic E-state index is 12.5. The first-order valence-electron chi connectivity index (χ1n) is 9.92. The lowest BCUT2D eigenvalue weighted by atomic mass is 9.85. The maximum Gasteiger partial charge on any atom is 0.220 e. The number of para-hydroxylation sites is 1. The van der Waals surface area contributed by atoms with Crippen molar-refractivity contribution in [3.05, 3.63) is 65.7 Å². The molecule has 0 saturated carbocycles. The number of carbonyl (C=O) groups excluding carboxylic acids is 1. The molecule has 0 aromatic heterocycles. The van der Waals surface area contributed by atoms with Gasteiger partial charge < -0.3 is 11.1 Å². The van der Waals surface area contributed by atoms with Gasteiger partial charge in [0, 0.05) is 37.8 Å². The summed E-state index contributed by atoms with van der Waals surface area (Å²) in [6, 6.07) is 18.6. The van der Waals surface area contributed by atoms with Crippen LogP contribution >= 0.6 is 0 Å². The minimum atomic E-state index is 0.124. The van der Waals surface area contributed by atoms with Gasteiger partial charge in [0.25, 0.3) is 0 Å². The number of likely N-dealkylation sites (tertiary alicyclic amines) is 1. The lowest BCUT2D eigenvalue weighted by Gasteiger charge is -2.41. The SMILES string of the molecule is CC1CN(Cc2ccccc2)CC(C)C1NC(=O)CCc1ccccc1N. The van der Waals surface area contributed by atoms with E-state index in [1.165, 1.54) is 5.56 Å². The van der Waals surface area contributed by atoms with Crippen LogP contribution in [-0.4, -0.2) is 29.9 Å². The van der Waals surface area contributed by atoms with Gasteiger partial charge >= 0.3 is 0 Å². The van der Waals surface area contributed by atoms with Gasteiger partial charge in [0.15, 0.2) is 0 Å². The molecule has 1 amide bonds. The Kier molecular flexibility index (Phi) is 6.51. The van der Waals surface area contributed by atoms with Crippen molar-refractivity contribution in [1.82, 2.24) is 10.2 Å². The van der Waals surface area contributed by atoms with Crippen LogP contribution in [0.25, 0.3) is 0 Å². The molecule has 2 aromatic carbocycles. The van der Waals surface area contributed by atoms with Crippen molar-refractivity contribution in [1.29, 1.82) is 0 Å². The highest BCUT2D eigenvalue weighted by atomic mass is 16.1. The number of rotatable bonds is 6. The van der Waals surface area contributed by atoms with E-state index < -0.39 is 0 Å². The molecule has 1 saturated heterocycles. The van der Waals surface area contributed by atoms with E-state index in [9.17, 15) is 4.79 Å². The summed E-state index contributed by atoms with van der Waals surface area (Å²) < 4.78 is 0. The first kappa shape index (κ1) is 19.4. The van der Waals surface area contributed by atoms with E-state index in [4.69, 9.17) is 5.73 Å². The molecule has 144 valence electrons. The van der Waals surface area contributed by atoms with Crippen LogP contribution < -0.4 is 11.1 Å². The third kappa shape index (κ3) is 5.33. The second-order valence-electron chi connectivity index (χ2n) is 7.93. The van der Waals surface area contributed by atoms with Crippen molar-refractivity contribution in [3.8, 4) is 0 Å². The number of anilines is 1. The number of nitrogens with one attached hydrogen (secondary N) is 1. The Bertz CT molecular complexity index is 734. The molecule has 27 heavy (non-hydrogen) atoms. The summed E-state index contributed by atoms with van der Waals surface area (Å²) >= 11 is 0. The quantitative estimate of drug-likeness (QED) is 0.771. The maximum absolute atomic E-state index is 12.5. The van der Waals surface area contributed by atoms with E-state index in [0.717, 1.165) is 30.9 Å². The Hall–Kier alpha value is -2.33. The Labute approximate surface area is 162 Å². The monoisotopic (exact) mass is 365 g/mol. The van der Waals surface area contributed by atoms with Crippen molar-refractivity contribution >= 4 is 11.6 Å². The summed E-state index contributed by atoms with van der Waals surface area (Å²) in [6.45, 7) is 7.48. The molecular formula is C23H31N3O. The molecule has 0 aliphatic carbocycles. The largest absolute Gasteiger partial charge is 0.399 e. The Morgan fingerprint density at radius 2 is 1.67 bits per heavy atom. The van der Waals surface area contributed by atoms with Crippen LogP contribution in [0.15, 0.2) is 54.6 Å². The predicted molar refractivity (Wildman–Crippen MR) is 111 cm³/mol. The molecule has 1 aliphatic rings. The highest BCUT2D eigenvalue weighted by Gasteiger charge is 2.32. The summed E-state index contributed by atoms with van der Waals surface area (Å²) in [5.41, 5.74) is 9.14. The van der Waals surface area contributed by atoms with Crippen molar-refractivity contribution in [2.24, 2.45) is 11.8 Å². The second-order valence-corrected chi connectivity index (χ2v) is 7.93. The van der Waals surface area contributed by atoms with Crippen LogP contribution in [0.1, 0.15) is 31.4 Å². The topological polar surface area (TPSA) is 58.4 Å². The number of piperidine rings is 1. The Morgan fingerprint density at radius 3 is 2.33 bits per heavy atom. The van der Waals surface area contributed by atoms with Crippen molar-refractivity contribution in [2.45, 2.75) is 39.3 Å². The number of hydrogen-bond donors (Lipinski definition) is 2. The zero-order chi connectivity index (χ0) is 19.2. The van der Waals surface area contributed by atoms with Gasteiger partial charge in [0.05, 0.1) is 0 Å². The summed E-state index contributed by atoms with van der Waals surface area (Å²) in [5.74, 6) is 0.991. The highest BCUT2D eigenvalue weighted by Crippen LogP contribution is 2.24. The zero-order valence-corrected chi connectivity index (χ0v) is 16.4. The van der Waals surface area contributed by atoms with Gasteiger partial charge in [-0.25, -0.2) is 0 Å². The second kappa shape index (κ2) is 9.05. The van der Waals surface area contributed by atoms with Crippen LogP contribution in [0.2, 0.25) is 0 Å². The number of nitrogens with two attached hydrogens (primary N) is 1. The summed E-state index contributed by atoms with van der Waals surface area (Å²) in [7, 11) is 0. The van der Waals surface area contributed by atoms with Crippen LogP contribution in [0.4, 0.5) is 5.69 Å². The Morgan fingerprint density at radius 1 is 1.04 bits per heavy atom. The molecule has 0 radical (unpaired) electrons. The molecule has 0 bridgehead atoms. The van der Waals surface area contributed by atoms with E-state index in [0.29, 0.717) is 24.7 Å². The van der Waals surface area contributed by atoms with Gasteiger partial charge in [-0.05, 0) is 35.4 Å². The fraction of sp³-hybridized carbons (Fsp3) is 0.435. The number of carbonyl (C=O) groups is 1. The third-order valence-electron chi connectivity index (χ3n) is 5.57. The number of aryl methyl sites for hydroxylation is 1. The fourth-order valence-corrected chi connectivity index (χ4v) is 4.20. The third-order valence-corrected chi connectivity index (χ3v) is 5.57. The minimum absolute atomic E-state index is 0.124. The average molecular weight is 366 g/mol. The summed E-state index contributed by atoms with van der Waals surface area (Å²) in [5, 5.41) is 3.29. The minimum Gasteiger partial charge on any atom is -0.399 e. The smallest absolute Gasteiger partial charge is 0.220 e. The van der Waals surface area contributed by atoms with Crippen molar-refractivity contribution in [3.63, 3.8) is 0 Å². The molecule has 3 rings (SSSR count). The number of hydrogen-bond acceptors (Lipinski definition) is 3. The molecule has 2 unspecified atom stereocenters. The molecule has 1 aliphatic heterocycles. The van der Waals surface area contributed by atoms with Gasteiger partial charge in [-0.3, -0.25) is 9.69 Å². The molecule has 4 nitrogen and oxygen atoms in total. The number of nitrogens with zero attached hydrogens (tertiary/aromatic N) is 1.